The minimum absolute atomic E-state index is 0.669. The van der Waals surface area contributed by atoms with E-state index in [1.54, 1.807) is 0 Å². The first-order chi connectivity index (χ1) is 10.5. The van der Waals surface area contributed by atoms with Crippen LogP contribution >= 0.6 is 0 Å². The van der Waals surface area contributed by atoms with Gasteiger partial charge in [0.1, 0.15) is 0 Å². The Labute approximate surface area is 136 Å². The summed E-state index contributed by atoms with van der Waals surface area (Å²) in [6, 6.07) is 0. The van der Waals surface area contributed by atoms with Crippen LogP contribution in [0.4, 0.5) is 4.79 Å². The summed E-state index contributed by atoms with van der Waals surface area (Å²) in [4.78, 5) is 20.7. The Kier molecular flexibility index (Phi) is 14.5. The van der Waals surface area contributed by atoms with Gasteiger partial charge in [-0.15, -0.1) is 11.0 Å². The molecule has 0 aromatic carbocycles. The highest BCUT2D eigenvalue weighted by Crippen LogP contribution is 2.08. The fourth-order valence-electron chi connectivity index (χ4n) is 2.09. The van der Waals surface area contributed by atoms with Crippen LogP contribution in [0.5, 0.6) is 0 Å². The lowest BCUT2D eigenvalue weighted by molar-refractivity contribution is -0.0141. The molecule has 0 aliphatic heterocycles. The summed E-state index contributed by atoms with van der Waals surface area (Å²) < 4.78 is 0. The molecule has 0 atom stereocenters. The van der Waals surface area contributed by atoms with Gasteiger partial charge in [-0.1, -0.05) is 66.2 Å². The monoisotopic (exact) mass is 316 g/mol. The maximum absolute atomic E-state index is 11.2. The summed E-state index contributed by atoms with van der Waals surface area (Å²) in [5, 5.41) is 0. The highest BCUT2D eigenvalue weighted by Gasteiger charge is 2.03. The Bertz CT molecular complexity index is 234. The van der Waals surface area contributed by atoms with Crippen LogP contribution < -0.4 is 11.0 Å². The summed E-state index contributed by atoms with van der Waals surface area (Å²) in [5.41, 5.74) is 5.26. The molecule has 0 bridgehead atoms. The van der Waals surface area contributed by atoms with E-state index < -0.39 is 6.16 Å². The lowest BCUT2D eigenvalue weighted by atomic mass is 10.1. The fourth-order valence-corrected chi connectivity index (χ4v) is 2.09. The van der Waals surface area contributed by atoms with E-state index in [1.165, 1.54) is 25.7 Å². The Hall–Kier alpha value is -0.810. The normalized spacial score (nSPS) is 11.2. The standard InChI is InChI=1S/C17H36N2O3/c1-15(2)11-7-5-9-13-18-21-17(20)22-19-14-10-6-8-12-16(3)4/h15-16,18-19H,5-14H2,1-4H3. The molecule has 0 amide bonds. The maximum atomic E-state index is 11.2. The number of rotatable bonds is 14. The van der Waals surface area contributed by atoms with Crippen molar-refractivity contribution in [3.05, 3.63) is 0 Å². The molecule has 2 N–H and O–H groups in total. The average Bonchev–Trinajstić information content (AvgIpc) is 2.44. The second-order valence-electron chi connectivity index (χ2n) is 6.73. The van der Waals surface area contributed by atoms with Gasteiger partial charge in [-0.2, -0.15) is 4.79 Å². The number of hydrogen-bond donors (Lipinski definition) is 2. The van der Waals surface area contributed by atoms with Crippen LogP contribution in [0.15, 0.2) is 0 Å². The third-order valence-electron chi connectivity index (χ3n) is 3.43. The van der Waals surface area contributed by atoms with Gasteiger partial charge in [-0.05, 0) is 24.7 Å². The van der Waals surface area contributed by atoms with Crippen LogP contribution in [-0.4, -0.2) is 19.2 Å². The van der Waals surface area contributed by atoms with Gasteiger partial charge in [0.2, 0.25) is 0 Å². The van der Waals surface area contributed by atoms with Crippen molar-refractivity contribution >= 4 is 6.16 Å². The van der Waals surface area contributed by atoms with Gasteiger partial charge in [0.15, 0.2) is 0 Å². The number of carbonyl (C=O) groups is 1. The van der Waals surface area contributed by atoms with Gasteiger partial charge in [0, 0.05) is 13.1 Å². The number of nitrogens with one attached hydrogen (secondary N) is 2. The molecule has 0 aliphatic rings. The zero-order valence-corrected chi connectivity index (χ0v) is 15.0. The minimum atomic E-state index is -0.718. The Morgan fingerprint density at radius 3 is 1.50 bits per heavy atom. The highest BCUT2D eigenvalue weighted by atomic mass is 16.9. The van der Waals surface area contributed by atoms with E-state index in [9.17, 15) is 4.79 Å². The molecule has 0 aliphatic carbocycles. The van der Waals surface area contributed by atoms with Crippen molar-refractivity contribution in [3.63, 3.8) is 0 Å². The molecule has 0 unspecified atom stereocenters. The molecule has 0 rings (SSSR count). The smallest absolute Gasteiger partial charge is 0.337 e. The summed E-state index contributed by atoms with van der Waals surface area (Å²) in [5.74, 6) is 1.52. The molecule has 0 radical (unpaired) electrons. The molecular formula is C17H36N2O3. The van der Waals surface area contributed by atoms with E-state index in [0.29, 0.717) is 13.1 Å². The summed E-state index contributed by atoms with van der Waals surface area (Å²) in [6.45, 7) is 10.3. The number of carbonyl (C=O) groups excluding carboxylic acids is 1. The van der Waals surface area contributed by atoms with Gasteiger partial charge in [-0.3, -0.25) is 0 Å². The lowest BCUT2D eigenvalue weighted by Crippen LogP contribution is -2.27. The van der Waals surface area contributed by atoms with Crippen LogP contribution in [0.3, 0.4) is 0 Å². The predicted octanol–water partition coefficient (Wildman–Crippen LogP) is 4.58. The van der Waals surface area contributed by atoms with Gasteiger partial charge < -0.3 is 9.68 Å². The minimum Gasteiger partial charge on any atom is -0.337 e. The van der Waals surface area contributed by atoms with E-state index in [-0.39, 0.29) is 0 Å². The van der Waals surface area contributed by atoms with Gasteiger partial charge in [-0.25, -0.2) is 0 Å². The molecule has 0 fully saturated rings. The Balaban J connectivity index is 3.20. The average molecular weight is 316 g/mol. The Morgan fingerprint density at radius 2 is 1.14 bits per heavy atom. The van der Waals surface area contributed by atoms with Crippen LogP contribution in [0, 0.1) is 11.8 Å². The van der Waals surface area contributed by atoms with Crippen molar-refractivity contribution in [2.75, 3.05) is 13.1 Å². The molecule has 0 saturated carbocycles. The fraction of sp³-hybridized carbons (Fsp3) is 0.941. The Morgan fingerprint density at radius 1 is 0.727 bits per heavy atom. The predicted molar refractivity (Wildman–Crippen MR) is 90.2 cm³/mol. The molecule has 0 heterocycles. The van der Waals surface area contributed by atoms with Crippen molar-refractivity contribution in [1.29, 1.82) is 0 Å². The SMILES string of the molecule is CC(C)CCCCCNOC(=O)ONCCCCCC(C)C. The molecule has 0 aromatic rings. The molecule has 0 spiro atoms. The quantitative estimate of drug-likeness (QED) is 0.363. The van der Waals surface area contributed by atoms with E-state index in [4.69, 9.17) is 9.68 Å². The van der Waals surface area contributed by atoms with Crippen molar-refractivity contribution < 1.29 is 14.5 Å². The lowest BCUT2D eigenvalue weighted by Gasteiger charge is -2.08. The summed E-state index contributed by atoms with van der Waals surface area (Å²) in [6.07, 6.45) is 8.55. The number of hydroxylamine groups is 2. The zero-order valence-electron chi connectivity index (χ0n) is 15.0. The largest absolute Gasteiger partial charge is 0.547 e. The molecule has 0 saturated heterocycles. The third kappa shape index (κ3) is 17.2. The van der Waals surface area contributed by atoms with Crippen LogP contribution in [-0.2, 0) is 9.68 Å². The maximum Gasteiger partial charge on any atom is 0.547 e. The van der Waals surface area contributed by atoms with Crippen LogP contribution in [0.2, 0.25) is 0 Å². The summed E-state index contributed by atoms with van der Waals surface area (Å²) >= 11 is 0. The van der Waals surface area contributed by atoms with Crippen LogP contribution in [0.25, 0.3) is 0 Å². The van der Waals surface area contributed by atoms with E-state index in [0.717, 1.165) is 37.5 Å². The number of unbranched alkanes of at least 4 members (excludes halogenated alkanes) is 4. The molecule has 132 valence electrons. The van der Waals surface area contributed by atoms with Gasteiger partial charge in [0.25, 0.3) is 0 Å². The molecule has 0 aromatic heterocycles. The van der Waals surface area contributed by atoms with Crippen molar-refractivity contribution in [3.8, 4) is 0 Å². The number of hydrogen-bond acceptors (Lipinski definition) is 5. The summed E-state index contributed by atoms with van der Waals surface area (Å²) in [7, 11) is 0. The van der Waals surface area contributed by atoms with Crippen molar-refractivity contribution in [1.82, 2.24) is 11.0 Å². The first-order valence-electron chi connectivity index (χ1n) is 8.85. The van der Waals surface area contributed by atoms with Crippen molar-refractivity contribution in [2.45, 2.75) is 79.1 Å². The highest BCUT2D eigenvalue weighted by molar-refractivity contribution is 5.58. The van der Waals surface area contributed by atoms with E-state index in [1.807, 2.05) is 0 Å². The van der Waals surface area contributed by atoms with E-state index >= 15 is 0 Å². The third-order valence-corrected chi connectivity index (χ3v) is 3.43. The van der Waals surface area contributed by atoms with Gasteiger partial charge in [0.05, 0.1) is 0 Å². The molecule has 22 heavy (non-hydrogen) atoms. The van der Waals surface area contributed by atoms with Gasteiger partial charge >= 0.3 is 6.16 Å². The second-order valence-corrected chi connectivity index (χ2v) is 6.73. The molecule has 5 nitrogen and oxygen atoms in total. The zero-order chi connectivity index (χ0) is 16.6. The first kappa shape index (κ1) is 21.2. The molecular weight excluding hydrogens is 280 g/mol. The van der Waals surface area contributed by atoms with Crippen LogP contribution in [0.1, 0.15) is 79.1 Å². The van der Waals surface area contributed by atoms with Crippen molar-refractivity contribution in [2.24, 2.45) is 11.8 Å². The van der Waals surface area contributed by atoms with E-state index in [2.05, 4.69) is 38.7 Å². The topological polar surface area (TPSA) is 59.6 Å². The second kappa shape index (κ2) is 15.1. The molecule has 5 heteroatoms. The first-order valence-corrected chi connectivity index (χ1v) is 8.85.